The van der Waals surface area contributed by atoms with Crippen molar-refractivity contribution in [3.63, 3.8) is 0 Å². The molecular weight excluding hydrogens is 236 g/mol. The Hall–Kier alpha value is -1.00. The van der Waals surface area contributed by atoms with Crippen LogP contribution in [0.1, 0.15) is 24.2 Å². The summed E-state index contributed by atoms with van der Waals surface area (Å²) in [5.41, 5.74) is 0.515. The molecule has 4 heteroatoms. The maximum atomic E-state index is 11.6. The molecule has 0 bridgehead atoms. The topological polar surface area (TPSA) is 35.5 Å². The van der Waals surface area contributed by atoms with E-state index in [0.29, 0.717) is 24.7 Å². The molecular formula is C13H18O3S. The Balaban J connectivity index is 2.26. The fourth-order valence-electron chi connectivity index (χ4n) is 1.23. The third-order valence-corrected chi connectivity index (χ3v) is 2.27. The summed E-state index contributed by atoms with van der Waals surface area (Å²) in [6.45, 7) is 5.55. The number of thiol groups is 1. The van der Waals surface area contributed by atoms with E-state index in [0.717, 1.165) is 4.90 Å². The van der Waals surface area contributed by atoms with E-state index >= 15 is 0 Å². The van der Waals surface area contributed by atoms with E-state index in [2.05, 4.69) is 26.5 Å². The number of rotatable bonds is 6. The SMILES string of the molecule is CC(C)COCCOC(=O)c1cccc(S)c1. The zero-order chi connectivity index (χ0) is 12.7. The van der Waals surface area contributed by atoms with Crippen LogP contribution in [0.4, 0.5) is 0 Å². The highest BCUT2D eigenvalue weighted by Gasteiger charge is 2.06. The molecule has 0 saturated carbocycles. The van der Waals surface area contributed by atoms with Crippen molar-refractivity contribution in [2.75, 3.05) is 19.8 Å². The van der Waals surface area contributed by atoms with Gasteiger partial charge in [0.2, 0.25) is 0 Å². The Morgan fingerprint density at radius 2 is 2.12 bits per heavy atom. The summed E-state index contributed by atoms with van der Waals surface area (Å²) in [6, 6.07) is 6.97. The fourth-order valence-corrected chi connectivity index (χ4v) is 1.45. The van der Waals surface area contributed by atoms with E-state index in [1.54, 1.807) is 18.2 Å². The highest BCUT2D eigenvalue weighted by Crippen LogP contribution is 2.09. The molecule has 0 unspecified atom stereocenters. The van der Waals surface area contributed by atoms with Crippen molar-refractivity contribution in [3.8, 4) is 0 Å². The van der Waals surface area contributed by atoms with Crippen LogP contribution < -0.4 is 0 Å². The Labute approximate surface area is 108 Å². The number of carbonyl (C=O) groups is 1. The van der Waals surface area contributed by atoms with Crippen molar-refractivity contribution in [2.24, 2.45) is 5.92 Å². The molecule has 0 radical (unpaired) electrons. The molecule has 0 spiro atoms. The van der Waals surface area contributed by atoms with Gasteiger partial charge < -0.3 is 9.47 Å². The molecule has 0 aliphatic heterocycles. The lowest BCUT2D eigenvalue weighted by Crippen LogP contribution is -2.12. The van der Waals surface area contributed by atoms with Crippen molar-refractivity contribution in [2.45, 2.75) is 18.7 Å². The highest BCUT2D eigenvalue weighted by atomic mass is 32.1. The maximum Gasteiger partial charge on any atom is 0.338 e. The second kappa shape index (κ2) is 7.35. The molecule has 1 rings (SSSR count). The van der Waals surface area contributed by atoms with Gasteiger partial charge in [-0.2, -0.15) is 0 Å². The van der Waals surface area contributed by atoms with Gasteiger partial charge in [0.05, 0.1) is 12.2 Å². The lowest BCUT2D eigenvalue weighted by molar-refractivity contribution is 0.0277. The first-order valence-corrected chi connectivity index (χ1v) is 6.08. The normalized spacial score (nSPS) is 10.6. The zero-order valence-corrected chi connectivity index (χ0v) is 11.1. The fraction of sp³-hybridized carbons (Fsp3) is 0.462. The van der Waals surface area contributed by atoms with E-state index in [9.17, 15) is 4.79 Å². The number of hydrogen-bond acceptors (Lipinski definition) is 4. The van der Waals surface area contributed by atoms with Crippen LogP contribution in [0.2, 0.25) is 0 Å². The summed E-state index contributed by atoms with van der Waals surface area (Å²) in [7, 11) is 0. The smallest absolute Gasteiger partial charge is 0.338 e. The quantitative estimate of drug-likeness (QED) is 0.482. The van der Waals surface area contributed by atoms with Crippen LogP contribution >= 0.6 is 12.6 Å². The van der Waals surface area contributed by atoms with Crippen LogP contribution in [-0.2, 0) is 9.47 Å². The minimum absolute atomic E-state index is 0.280. The maximum absolute atomic E-state index is 11.6. The molecule has 0 fully saturated rings. The third-order valence-electron chi connectivity index (χ3n) is 1.99. The van der Waals surface area contributed by atoms with Gasteiger partial charge in [-0.3, -0.25) is 0 Å². The summed E-state index contributed by atoms with van der Waals surface area (Å²) in [4.78, 5) is 12.3. The summed E-state index contributed by atoms with van der Waals surface area (Å²) in [5, 5.41) is 0. The summed E-state index contributed by atoms with van der Waals surface area (Å²) < 4.78 is 10.4. The largest absolute Gasteiger partial charge is 0.460 e. The molecule has 0 aliphatic carbocycles. The van der Waals surface area contributed by atoms with Crippen molar-refractivity contribution in [1.82, 2.24) is 0 Å². The van der Waals surface area contributed by atoms with Gasteiger partial charge in [-0.1, -0.05) is 19.9 Å². The molecule has 94 valence electrons. The van der Waals surface area contributed by atoms with Crippen LogP contribution in [0.25, 0.3) is 0 Å². The molecule has 0 saturated heterocycles. The molecule has 3 nitrogen and oxygen atoms in total. The van der Waals surface area contributed by atoms with Gasteiger partial charge in [0.25, 0.3) is 0 Å². The predicted octanol–water partition coefficient (Wildman–Crippen LogP) is 2.80. The molecule has 0 aliphatic rings. The van der Waals surface area contributed by atoms with Crippen LogP contribution in [-0.4, -0.2) is 25.8 Å². The standard InChI is InChI=1S/C13H18O3S/c1-10(2)9-15-6-7-16-13(14)11-4-3-5-12(17)8-11/h3-5,8,10,17H,6-7,9H2,1-2H3. The molecule has 17 heavy (non-hydrogen) atoms. The van der Waals surface area contributed by atoms with Gasteiger partial charge in [-0.05, 0) is 24.1 Å². The second-order valence-corrected chi connectivity index (χ2v) is 4.67. The zero-order valence-electron chi connectivity index (χ0n) is 10.2. The number of carbonyl (C=O) groups excluding carboxylic acids is 1. The predicted molar refractivity (Wildman–Crippen MR) is 69.6 cm³/mol. The van der Waals surface area contributed by atoms with Crippen LogP contribution in [0.15, 0.2) is 29.2 Å². The first-order chi connectivity index (χ1) is 8.09. The van der Waals surface area contributed by atoms with Crippen molar-refractivity contribution >= 4 is 18.6 Å². The molecule has 0 aromatic heterocycles. The van der Waals surface area contributed by atoms with Crippen LogP contribution in [0, 0.1) is 5.92 Å². The first kappa shape index (κ1) is 14.1. The van der Waals surface area contributed by atoms with Gasteiger partial charge in [0, 0.05) is 11.5 Å². The van der Waals surface area contributed by atoms with E-state index in [4.69, 9.17) is 9.47 Å². The monoisotopic (exact) mass is 254 g/mol. The van der Waals surface area contributed by atoms with E-state index < -0.39 is 0 Å². The highest BCUT2D eigenvalue weighted by molar-refractivity contribution is 7.80. The molecule has 1 aromatic rings. The number of ether oxygens (including phenoxy) is 2. The molecule has 0 N–H and O–H groups in total. The average molecular weight is 254 g/mol. The van der Waals surface area contributed by atoms with E-state index in [-0.39, 0.29) is 12.6 Å². The van der Waals surface area contributed by atoms with E-state index in [1.165, 1.54) is 0 Å². The summed E-state index contributed by atoms with van der Waals surface area (Å²) in [6.07, 6.45) is 0. The summed E-state index contributed by atoms with van der Waals surface area (Å²) in [5.74, 6) is 0.153. The van der Waals surface area contributed by atoms with Gasteiger partial charge in [-0.15, -0.1) is 12.6 Å². The lowest BCUT2D eigenvalue weighted by Gasteiger charge is -2.07. The average Bonchev–Trinajstić information content (AvgIpc) is 2.28. The van der Waals surface area contributed by atoms with Gasteiger partial charge in [0.1, 0.15) is 6.61 Å². The molecule has 0 atom stereocenters. The van der Waals surface area contributed by atoms with E-state index in [1.807, 2.05) is 6.07 Å². The Bertz CT molecular complexity index is 363. The van der Waals surface area contributed by atoms with Crippen LogP contribution in [0.5, 0.6) is 0 Å². The van der Waals surface area contributed by atoms with Crippen molar-refractivity contribution < 1.29 is 14.3 Å². The molecule has 1 aromatic carbocycles. The molecule has 0 heterocycles. The number of hydrogen-bond donors (Lipinski definition) is 1. The van der Waals surface area contributed by atoms with Crippen molar-refractivity contribution in [1.29, 1.82) is 0 Å². The number of benzene rings is 1. The second-order valence-electron chi connectivity index (χ2n) is 4.16. The Kier molecular flexibility index (Phi) is 6.08. The minimum Gasteiger partial charge on any atom is -0.460 e. The first-order valence-electron chi connectivity index (χ1n) is 5.63. The minimum atomic E-state index is -0.339. The van der Waals surface area contributed by atoms with Gasteiger partial charge >= 0.3 is 5.97 Å². The van der Waals surface area contributed by atoms with Gasteiger partial charge in [-0.25, -0.2) is 4.79 Å². The van der Waals surface area contributed by atoms with Gasteiger partial charge in [0.15, 0.2) is 0 Å². The third kappa shape index (κ3) is 5.75. The summed E-state index contributed by atoms with van der Waals surface area (Å²) >= 11 is 4.16. The number of esters is 1. The Morgan fingerprint density at radius 3 is 2.76 bits per heavy atom. The Morgan fingerprint density at radius 1 is 1.35 bits per heavy atom. The molecule has 0 amide bonds. The van der Waals surface area contributed by atoms with Crippen molar-refractivity contribution in [3.05, 3.63) is 29.8 Å². The lowest BCUT2D eigenvalue weighted by atomic mass is 10.2. The van der Waals surface area contributed by atoms with Crippen LogP contribution in [0.3, 0.4) is 0 Å².